The highest BCUT2D eigenvalue weighted by Gasteiger charge is 2.27. The molecule has 1 unspecified atom stereocenters. The zero-order valence-corrected chi connectivity index (χ0v) is 10.9. The van der Waals surface area contributed by atoms with Crippen molar-refractivity contribution in [2.75, 3.05) is 19.6 Å². The van der Waals surface area contributed by atoms with Crippen LogP contribution in [-0.4, -0.2) is 31.2 Å². The zero-order chi connectivity index (χ0) is 12.2. The lowest BCUT2D eigenvalue weighted by atomic mass is 9.83. The quantitative estimate of drug-likeness (QED) is 0.669. The average Bonchev–Trinajstić information content (AvgIpc) is 2.14. The Labute approximate surface area is 98.6 Å². The van der Waals surface area contributed by atoms with Crippen LogP contribution in [0, 0.1) is 5.41 Å². The molecular formula is C12H25N3O. The molecule has 1 saturated heterocycles. The summed E-state index contributed by atoms with van der Waals surface area (Å²) in [6, 6.07) is -0.0701. The average molecular weight is 227 g/mol. The van der Waals surface area contributed by atoms with Gasteiger partial charge in [0, 0.05) is 18.6 Å². The second kappa shape index (κ2) is 5.04. The van der Waals surface area contributed by atoms with Crippen LogP contribution in [0.25, 0.3) is 0 Å². The molecule has 4 heteroatoms. The third-order valence-corrected chi connectivity index (χ3v) is 2.85. The van der Waals surface area contributed by atoms with E-state index in [0.717, 1.165) is 19.6 Å². The fraction of sp³-hybridized carbons (Fsp3) is 0.917. The van der Waals surface area contributed by atoms with E-state index in [0.29, 0.717) is 0 Å². The van der Waals surface area contributed by atoms with E-state index in [2.05, 4.69) is 22.9 Å². The summed E-state index contributed by atoms with van der Waals surface area (Å²) in [7, 11) is 0. The number of piperidine rings is 1. The first kappa shape index (κ1) is 13.3. The predicted octanol–water partition coefficient (Wildman–Crippen LogP) is 1.47. The van der Waals surface area contributed by atoms with Crippen molar-refractivity contribution in [3.8, 4) is 0 Å². The van der Waals surface area contributed by atoms with Gasteiger partial charge in [0.1, 0.15) is 0 Å². The predicted molar refractivity (Wildman–Crippen MR) is 66.5 cm³/mol. The van der Waals surface area contributed by atoms with Gasteiger partial charge >= 0.3 is 6.03 Å². The molecule has 1 rings (SSSR count). The summed E-state index contributed by atoms with van der Waals surface area (Å²) in [5, 5.41) is 9.24. The smallest absolute Gasteiger partial charge is 0.315 e. The van der Waals surface area contributed by atoms with E-state index in [1.807, 2.05) is 20.8 Å². The highest BCUT2D eigenvalue weighted by molar-refractivity contribution is 5.74. The number of urea groups is 1. The normalized spacial score (nSPS) is 26.2. The minimum absolute atomic E-state index is 0.0701. The molecule has 3 N–H and O–H groups in total. The Morgan fingerprint density at radius 2 is 2.12 bits per heavy atom. The molecule has 0 aromatic heterocycles. The van der Waals surface area contributed by atoms with E-state index < -0.39 is 0 Å². The first-order valence-corrected chi connectivity index (χ1v) is 6.08. The summed E-state index contributed by atoms with van der Waals surface area (Å²) in [5.74, 6) is 0. The van der Waals surface area contributed by atoms with Gasteiger partial charge in [-0.2, -0.15) is 0 Å². The second-order valence-corrected chi connectivity index (χ2v) is 6.15. The van der Waals surface area contributed by atoms with Gasteiger partial charge in [0.05, 0.1) is 0 Å². The summed E-state index contributed by atoms with van der Waals surface area (Å²) >= 11 is 0. The minimum Gasteiger partial charge on any atom is -0.338 e. The van der Waals surface area contributed by atoms with Gasteiger partial charge in [-0.15, -0.1) is 0 Å². The van der Waals surface area contributed by atoms with Crippen LogP contribution < -0.4 is 16.0 Å². The van der Waals surface area contributed by atoms with E-state index >= 15 is 0 Å². The van der Waals surface area contributed by atoms with Gasteiger partial charge in [-0.25, -0.2) is 4.79 Å². The molecule has 0 aromatic rings. The topological polar surface area (TPSA) is 53.2 Å². The van der Waals surface area contributed by atoms with Crippen molar-refractivity contribution < 1.29 is 4.79 Å². The third kappa shape index (κ3) is 4.84. The SMILES string of the molecule is CC1(CNC(=O)NC(C)(C)C)CCCNC1. The zero-order valence-electron chi connectivity index (χ0n) is 10.9. The van der Waals surface area contributed by atoms with Gasteiger partial charge in [0.15, 0.2) is 0 Å². The molecule has 1 aliphatic heterocycles. The Bertz CT molecular complexity index is 239. The van der Waals surface area contributed by atoms with Crippen molar-refractivity contribution in [3.63, 3.8) is 0 Å². The number of hydrogen-bond acceptors (Lipinski definition) is 2. The second-order valence-electron chi connectivity index (χ2n) is 6.15. The molecule has 0 aromatic carbocycles. The van der Waals surface area contributed by atoms with Crippen LogP contribution >= 0.6 is 0 Å². The van der Waals surface area contributed by atoms with Gasteiger partial charge in [0.2, 0.25) is 0 Å². The fourth-order valence-corrected chi connectivity index (χ4v) is 1.95. The number of amides is 2. The van der Waals surface area contributed by atoms with E-state index in [9.17, 15) is 4.79 Å². The van der Waals surface area contributed by atoms with E-state index in [1.165, 1.54) is 12.8 Å². The molecule has 0 radical (unpaired) electrons. The maximum atomic E-state index is 11.6. The summed E-state index contributed by atoms with van der Waals surface area (Å²) in [6.07, 6.45) is 2.37. The van der Waals surface area contributed by atoms with Crippen LogP contribution in [-0.2, 0) is 0 Å². The molecule has 0 bridgehead atoms. The lowest BCUT2D eigenvalue weighted by Gasteiger charge is -2.34. The van der Waals surface area contributed by atoms with Crippen LogP contribution in [0.5, 0.6) is 0 Å². The van der Waals surface area contributed by atoms with E-state index in [4.69, 9.17) is 0 Å². The summed E-state index contributed by atoms with van der Waals surface area (Å²) in [5.41, 5.74) is 0.0310. The van der Waals surface area contributed by atoms with E-state index in [-0.39, 0.29) is 17.0 Å². The van der Waals surface area contributed by atoms with Crippen LogP contribution in [0.4, 0.5) is 4.79 Å². The molecule has 0 aliphatic carbocycles. The van der Waals surface area contributed by atoms with Crippen LogP contribution in [0.15, 0.2) is 0 Å². The Morgan fingerprint density at radius 1 is 1.44 bits per heavy atom. The van der Waals surface area contributed by atoms with Crippen LogP contribution in [0.3, 0.4) is 0 Å². The largest absolute Gasteiger partial charge is 0.338 e. The van der Waals surface area contributed by atoms with Gasteiger partial charge in [-0.05, 0) is 45.6 Å². The van der Waals surface area contributed by atoms with Gasteiger partial charge in [-0.1, -0.05) is 6.92 Å². The van der Waals surface area contributed by atoms with Crippen molar-refractivity contribution in [2.24, 2.45) is 5.41 Å². The van der Waals surface area contributed by atoms with Gasteiger partial charge in [-0.3, -0.25) is 0 Å². The standard InChI is InChI=1S/C12H25N3O/c1-11(2,3)15-10(16)14-9-12(4)6-5-7-13-8-12/h13H,5-9H2,1-4H3,(H2,14,15,16). The van der Waals surface area contributed by atoms with Gasteiger partial charge in [0.25, 0.3) is 0 Å². The van der Waals surface area contributed by atoms with Crippen molar-refractivity contribution in [3.05, 3.63) is 0 Å². The van der Waals surface area contributed by atoms with Crippen molar-refractivity contribution in [1.29, 1.82) is 0 Å². The molecule has 16 heavy (non-hydrogen) atoms. The maximum Gasteiger partial charge on any atom is 0.315 e. The van der Waals surface area contributed by atoms with E-state index in [1.54, 1.807) is 0 Å². The van der Waals surface area contributed by atoms with Crippen molar-refractivity contribution in [2.45, 2.75) is 46.1 Å². The Morgan fingerprint density at radius 3 is 2.62 bits per heavy atom. The first-order chi connectivity index (χ1) is 7.31. The maximum absolute atomic E-state index is 11.6. The molecule has 1 atom stereocenters. The summed E-state index contributed by atoms with van der Waals surface area (Å²) in [4.78, 5) is 11.6. The highest BCUT2D eigenvalue weighted by Crippen LogP contribution is 2.23. The molecule has 94 valence electrons. The fourth-order valence-electron chi connectivity index (χ4n) is 1.95. The lowest BCUT2D eigenvalue weighted by molar-refractivity contribution is 0.206. The molecule has 0 spiro atoms. The highest BCUT2D eigenvalue weighted by atomic mass is 16.2. The number of carbonyl (C=O) groups excluding carboxylic acids is 1. The summed E-state index contributed by atoms with van der Waals surface area (Å²) < 4.78 is 0. The first-order valence-electron chi connectivity index (χ1n) is 6.08. The van der Waals surface area contributed by atoms with Gasteiger partial charge < -0.3 is 16.0 Å². The van der Waals surface area contributed by atoms with Crippen molar-refractivity contribution in [1.82, 2.24) is 16.0 Å². The number of rotatable bonds is 2. The molecule has 0 saturated carbocycles. The van der Waals surface area contributed by atoms with Crippen LogP contribution in [0.2, 0.25) is 0 Å². The summed E-state index contributed by atoms with van der Waals surface area (Å²) in [6.45, 7) is 11.0. The number of nitrogens with one attached hydrogen (secondary N) is 3. The third-order valence-electron chi connectivity index (χ3n) is 2.85. The number of carbonyl (C=O) groups is 1. The van der Waals surface area contributed by atoms with Crippen LogP contribution in [0.1, 0.15) is 40.5 Å². The minimum atomic E-state index is -0.171. The Hall–Kier alpha value is -0.770. The Balaban J connectivity index is 2.30. The molecule has 1 aliphatic rings. The molecule has 1 fully saturated rings. The lowest BCUT2D eigenvalue weighted by Crippen LogP contribution is -2.51. The van der Waals surface area contributed by atoms with Crippen molar-refractivity contribution >= 4 is 6.03 Å². The number of hydrogen-bond donors (Lipinski definition) is 3. The molecule has 2 amide bonds. The molecule has 4 nitrogen and oxygen atoms in total. The molecular weight excluding hydrogens is 202 g/mol. The molecule has 1 heterocycles. The Kier molecular flexibility index (Phi) is 4.19. The monoisotopic (exact) mass is 227 g/mol.